The van der Waals surface area contributed by atoms with Crippen LogP contribution in [0.25, 0.3) is 22.4 Å². The zero-order chi connectivity index (χ0) is 18.9. The molecule has 0 aliphatic rings. The molecule has 0 amide bonds. The minimum atomic E-state index is -1.97. The molecule has 2 aromatic carbocycles. The second kappa shape index (κ2) is 7.16. The number of nitrogens with zero attached hydrogens (tertiary/aromatic N) is 1. The fourth-order valence-corrected chi connectivity index (χ4v) is 7.63. The standard InChI is InChI=1S/C23H29GeNSi/c1-24(2,3)22-14-12-19(16-21(22)18-10-8-7-9-11-18)23-15-13-20(17-25-23)26(4,5)6/h7-17H,1-6H3. The van der Waals surface area contributed by atoms with E-state index in [1.807, 2.05) is 0 Å². The van der Waals surface area contributed by atoms with Gasteiger partial charge in [0, 0.05) is 0 Å². The van der Waals surface area contributed by atoms with Gasteiger partial charge in [-0.1, -0.05) is 0 Å². The number of hydrogen-bond acceptors (Lipinski definition) is 1. The molecule has 3 rings (SSSR count). The molecule has 0 unspecified atom stereocenters. The van der Waals surface area contributed by atoms with Crippen LogP contribution in [0.2, 0.25) is 36.9 Å². The van der Waals surface area contributed by atoms with Gasteiger partial charge in [-0.15, -0.1) is 0 Å². The number of aromatic nitrogens is 1. The molecule has 0 saturated carbocycles. The van der Waals surface area contributed by atoms with Gasteiger partial charge in [-0.2, -0.15) is 0 Å². The SMILES string of the molecule is C[Si](C)(C)c1ccc(-c2cc[c]([Ge]([CH3])([CH3])[CH3])c(-c3ccccc3)c2)nc1. The molecule has 0 atom stereocenters. The Balaban J connectivity index is 2.10. The van der Waals surface area contributed by atoms with Gasteiger partial charge in [0.1, 0.15) is 0 Å². The maximum atomic E-state index is 4.79. The van der Waals surface area contributed by atoms with Crippen molar-refractivity contribution in [2.45, 2.75) is 36.9 Å². The first-order valence-corrected chi connectivity index (χ1v) is 20.2. The van der Waals surface area contributed by atoms with Gasteiger partial charge in [0.05, 0.1) is 0 Å². The first-order valence-electron chi connectivity index (χ1n) is 9.33. The van der Waals surface area contributed by atoms with Gasteiger partial charge in [0.25, 0.3) is 0 Å². The average molecular weight is 420 g/mol. The van der Waals surface area contributed by atoms with Crippen molar-refractivity contribution in [1.29, 1.82) is 0 Å². The summed E-state index contributed by atoms with van der Waals surface area (Å²) in [6.07, 6.45) is 2.08. The number of rotatable bonds is 4. The molecule has 3 heteroatoms. The molecule has 1 aromatic heterocycles. The summed E-state index contributed by atoms with van der Waals surface area (Å²) in [4.78, 5) is 4.79. The summed E-state index contributed by atoms with van der Waals surface area (Å²) in [6, 6.07) is 22.2. The third kappa shape index (κ3) is 4.18. The summed E-state index contributed by atoms with van der Waals surface area (Å²) in [5.41, 5.74) is 4.97. The van der Waals surface area contributed by atoms with Crippen molar-refractivity contribution in [3.8, 4) is 22.4 Å². The monoisotopic (exact) mass is 421 g/mol. The van der Waals surface area contributed by atoms with Crippen molar-refractivity contribution in [2.75, 3.05) is 0 Å². The number of hydrogen-bond donors (Lipinski definition) is 0. The second-order valence-electron chi connectivity index (χ2n) is 9.06. The number of pyridine rings is 1. The third-order valence-electron chi connectivity index (χ3n) is 4.84. The van der Waals surface area contributed by atoms with Crippen LogP contribution < -0.4 is 9.58 Å². The molecule has 0 spiro atoms. The molecule has 0 bridgehead atoms. The van der Waals surface area contributed by atoms with Gasteiger partial charge >= 0.3 is 162 Å². The van der Waals surface area contributed by atoms with Gasteiger partial charge in [0.15, 0.2) is 0 Å². The molecule has 3 aromatic rings. The normalized spacial score (nSPS) is 12.2. The molecule has 0 aliphatic carbocycles. The Kier molecular flexibility index (Phi) is 5.27. The van der Waals surface area contributed by atoms with E-state index in [4.69, 9.17) is 4.98 Å². The average Bonchev–Trinajstić information content (AvgIpc) is 2.60. The van der Waals surface area contributed by atoms with Crippen molar-refractivity contribution in [1.82, 2.24) is 4.98 Å². The minimum absolute atomic E-state index is 1.07. The molecular formula is C23H29GeNSi. The topological polar surface area (TPSA) is 12.9 Å². The molecule has 134 valence electrons. The van der Waals surface area contributed by atoms with Crippen molar-refractivity contribution < 1.29 is 0 Å². The van der Waals surface area contributed by atoms with Crippen LogP contribution in [0.4, 0.5) is 0 Å². The molecular weight excluding hydrogens is 391 g/mol. The summed E-state index contributed by atoms with van der Waals surface area (Å²) in [7, 11) is -1.31. The van der Waals surface area contributed by atoms with Crippen LogP contribution in [-0.4, -0.2) is 26.3 Å². The summed E-state index contributed by atoms with van der Waals surface area (Å²) in [5, 5.41) is 1.41. The maximum absolute atomic E-state index is 4.79. The second-order valence-corrected chi connectivity index (χ2v) is 24.7. The van der Waals surface area contributed by atoms with Crippen molar-refractivity contribution in [2.24, 2.45) is 0 Å². The zero-order valence-corrected chi connectivity index (χ0v) is 19.9. The fourth-order valence-electron chi connectivity index (χ4n) is 3.22. The molecule has 26 heavy (non-hydrogen) atoms. The van der Waals surface area contributed by atoms with E-state index in [9.17, 15) is 0 Å². The first kappa shape index (κ1) is 19.1. The van der Waals surface area contributed by atoms with Crippen LogP contribution in [-0.2, 0) is 0 Å². The van der Waals surface area contributed by atoms with E-state index in [1.165, 1.54) is 21.9 Å². The van der Waals surface area contributed by atoms with E-state index < -0.39 is 21.3 Å². The van der Waals surface area contributed by atoms with Crippen molar-refractivity contribution >= 4 is 30.9 Å². The van der Waals surface area contributed by atoms with Crippen molar-refractivity contribution in [3.63, 3.8) is 0 Å². The summed E-state index contributed by atoms with van der Waals surface area (Å²) >= 11 is -1.97. The van der Waals surface area contributed by atoms with Crippen LogP contribution in [0.15, 0.2) is 66.9 Å². The van der Waals surface area contributed by atoms with Gasteiger partial charge < -0.3 is 0 Å². The van der Waals surface area contributed by atoms with Gasteiger partial charge in [-0.25, -0.2) is 0 Å². The van der Waals surface area contributed by atoms with Crippen molar-refractivity contribution in [3.05, 3.63) is 66.9 Å². The van der Waals surface area contributed by atoms with E-state index in [1.54, 1.807) is 4.40 Å². The molecule has 0 radical (unpaired) electrons. The van der Waals surface area contributed by atoms with E-state index in [0.29, 0.717) is 0 Å². The van der Waals surface area contributed by atoms with Crippen LogP contribution in [0.1, 0.15) is 0 Å². The Morgan fingerprint density at radius 1 is 0.769 bits per heavy atom. The quantitative estimate of drug-likeness (QED) is 0.508. The van der Waals surface area contributed by atoms with E-state index in [2.05, 4.69) is 104 Å². The van der Waals surface area contributed by atoms with Gasteiger partial charge in [-0.3, -0.25) is 0 Å². The summed E-state index contributed by atoms with van der Waals surface area (Å²) in [5.74, 6) is 7.38. The van der Waals surface area contributed by atoms with E-state index in [-0.39, 0.29) is 0 Å². The van der Waals surface area contributed by atoms with Crippen LogP contribution in [0.3, 0.4) is 0 Å². The van der Waals surface area contributed by atoms with Gasteiger partial charge in [0.2, 0.25) is 0 Å². The molecule has 0 saturated heterocycles. The Bertz CT molecular complexity index is 888. The van der Waals surface area contributed by atoms with Crippen LogP contribution >= 0.6 is 0 Å². The Morgan fingerprint density at radius 3 is 2.00 bits per heavy atom. The Hall–Kier alpha value is -1.65. The molecule has 0 fully saturated rings. The van der Waals surface area contributed by atoms with Crippen LogP contribution in [0, 0.1) is 0 Å². The molecule has 0 N–H and O–H groups in total. The Labute approximate surface area is 161 Å². The van der Waals surface area contributed by atoms with Crippen LogP contribution in [0.5, 0.6) is 0 Å². The fraction of sp³-hybridized carbons (Fsp3) is 0.261. The van der Waals surface area contributed by atoms with E-state index >= 15 is 0 Å². The molecule has 1 heterocycles. The summed E-state index contributed by atoms with van der Waals surface area (Å²) < 4.78 is 1.55. The molecule has 0 aliphatic heterocycles. The predicted molar refractivity (Wildman–Crippen MR) is 121 cm³/mol. The van der Waals surface area contributed by atoms with Gasteiger partial charge in [-0.05, 0) is 0 Å². The number of benzene rings is 2. The Morgan fingerprint density at radius 2 is 1.46 bits per heavy atom. The first-order chi connectivity index (χ1) is 12.2. The zero-order valence-electron chi connectivity index (χ0n) is 16.8. The summed E-state index contributed by atoms with van der Waals surface area (Å²) in [6.45, 7) is 7.09. The predicted octanol–water partition coefficient (Wildman–Crippen LogP) is 5.51. The molecule has 1 nitrogen and oxygen atoms in total. The third-order valence-corrected chi connectivity index (χ3v) is 11.2. The van der Waals surface area contributed by atoms with E-state index in [0.717, 1.165) is 5.69 Å².